The summed E-state index contributed by atoms with van der Waals surface area (Å²) >= 11 is 0. The molecule has 1 N–H and O–H groups in total. The van der Waals surface area contributed by atoms with Gasteiger partial charge >= 0.3 is 0 Å². The molecule has 0 unspecified atom stereocenters. The van der Waals surface area contributed by atoms with Gasteiger partial charge in [-0.15, -0.1) is 0 Å². The molecule has 0 aromatic heterocycles. The number of aliphatic hydroxyl groups is 1. The first-order chi connectivity index (χ1) is 10.2. The van der Waals surface area contributed by atoms with E-state index in [1.807, 2.05) is 30.3 Å². The molecule has 21 heavy (non-hydrogen) atoms. The van der Waals surface area contributed by atoms with Gasteiger partial charge in [-0.25, -0.2) is 0 Å². The summed E-state index contributed by atoms with van der Waals surface area (Å²) < 4.78 is 12.2. The Bertz CT molecular complexity index is 541. The Morgan fingerprint density at radius 1 is 1.14 bits per heavy atom. The molecule has 6 atom stereocenters. The van der Waals surface area contributed by atoms with Crippen molar-refractivity contribution in [1.82, 2.24) is 0 Å². The maximum Gasteiger partial charge on any atom is 0.198 e. The quantitative estimate of drug-likeness (QED) is 0.865. The van der Waals surface area contributed by atoms with Crippen LogP contribution in [0.2, 0.25) is 0 Å². The van der Waals surface area contributed by atoms with Gasteiger partial charge in [-0.05, 0) is 6.42 Å². The fraction of sp³-hybridized carbons (Fsp3) is 0.556. The molecule has 3 heteroatoms. The first-order valence-electron chi connectivity index (χ1n) is 8.03. The van der Waals surface area contributed by atoms with E-state index in [4.69, 9.17) is 9.47 Å². The topological polar surface area (TPSA) is 38.7 Å². The molecular formula is C18H22O3. The third-order valence-corrected chi connectivity index (χ3v) is 5.19. The van der Waals surface area contributed by atoms with Crippen molar-refractivity contribution in [1.29, 1.82) is 0 Å². The number of hydrogen-bond acceptors (Lipinski definition) is 3. The summed E-state index contributed by atoms with van der Waals surface area (Å²) in [7, 11) is 0. The monoisotopic (exact) mass is 286 g/mol. The van der Waals surface area contributed by atoms with Crippen LogP contribution in [0.3, 0.4) is 0 Å². The number of unbranched alkanes of at least 4 members (excludes halogenated alkanes) is 1. The second-order valence-electron chi connectivity index (χ2n) is 6.41. The minimum absolute atomic E-state index is 0.0109. The molecule has 3 nitrogen and oxygen atoms in total. The minimum Gasteiger partial charge on any atom is -0.366 e. The number of fused-ring (bicyclic) bond motifs is 5. The molecule has 0 spiro atoms. The second-order valence-corrected chi connectivity index (χ2v) is 6.41. The van der Waals surface area contributed by atoms with Crippen LogP contribution in [0.15, 0.2) is 42.5 Å². The number of rotatable bonds is 4. The smallest absolute Gasteiger partial charge is 0.198 e. The van der Waals surface area contributed by atoms with Gasteiger partial charge in [-0.1, -0.05) is 62.2 Å². The number of hydrogen-bond donors (Lipinski definition) is 1. The maximum atomic E-state index is 11.3. The van der Waals surface area contributed by atoms with Crippen molar-refractivity contribution in [3.05, 3.63) is 48.0 Å². The van der Waals surface area contributed by atoms with Crippen LogP contribution in [0.1, 0.15) is 31.7 Å². The van der Waals surface area contributed by atoms with Crippen molar-refractivity contribution in [2.45, 2.75) is 50.3 Å². The molecule has 0 saturated carbocycles. The lowest BCUT2D eigenvalue weighted by atomic mass is 9.75. The van der Waals surface area contributed by atoms with Gasteiger partial charge in [-0.2, -0.15) is 0 Å². The van der Waals surface area contributed by atoms with E-state index in [1.165, 1.54) is 0 Å². The zero-order valence-electron chi connectivity index (χ0n) is 12.3. The summed E-state index contributed by atoms with van der Waals surface area (Å²) in [6, 6.07) is 9.78. The Labute approximate surface area is 125 Å². The molecule has 1 aromatic rings. The molecule has 0 aliphatic carbocycles. The molecule has 2 bridgehead atoms. The van der Waals surface area contributed by atoms with Crippen LogP contribution >= 0.6 is 0 Å². The Balaban J connectivity index is 1.70. The fourth-order valence-electron chi connectivity index (χ4n) is 4.25. The third kappa shape index (κ3) is 1.91. The lowest BCUT2D eigenvalue weighted by molar-refractivity contribution is -0.233. The van der Waals surface area contributed by atoms with Gasteiger partial charge in [0.25, 0.3) is 0 Å². The number of ether oxygens (including phenoxy) is 2. The van der Waals surface area contributed by atoms with E-state index in [-0.39, 0.29) is 30.1 Å². The predicted molar refractivity (Wildman–Crippen MR) is 79.5 cm³/mol. The Kier molecular flexibility index (Phi) is 3.18. The molecule has 0 amide bonds. The maximum absolute atomic E-state index is 11.3. The first kappa shape index (κ1) is 13.5. The van der Waals surface area contributed by atoms with E-state index in [2.05, 4.69) is 19.1 Å². The van der Waals surface area contributed by atoms with Crippen LogP contribution in [0.25, 0.3) is 0 Å². The van der Waals surface area contributed by atoms with Crippen LogP contribution in [0.4, 0.5) is 0 Å². The van der Waals surface area contributed by atoms with E-state index < -0.39 is 5.79 Å². The van der Waals surface area contributed by atoms with Gasteiger partial charge in [0.2, 0.25) is 0 Å². The molecule has 0 radical (unpaired) electrons. The lowest BCUT2D eigenvalue weighted by Gasteiger charge is -2.31. The van der Waals surface area contributed by atoms with E-state index in [9.17, 15) is 5.11 Å². The normalized spacial score (nSPS) is 43.4. The van der Waals surface area contributed by atoms with Gasteiger partial charge in [0, 0.05) is 11.5 Å². The zero-order chi connectivity index (χ0) is 14.4. The van der Waals surface area contributed by atoms with E-state index in [0.717, 1.165) is 24.8 Å². The number of benzene rings is 1. The van der Waals surface area contributed by atoms with Gasteiger partial charge in [0.05, 0.1) is 24.2 Å². The lowest BCUT2D eigenvalue weighted by Crippen LogP contribution is -2.38. The van der Waals surface area contributed by atoms with Crippen molar-refractivity contribution < 1.29 is 14.6 Å². The molecular weight excluding hydrogens is 264 g/mol. The van der Waals surface area contributed by atoms with E-state index in [0.29, 0.717) is 0 Å². The van der Waals surface area contributed by atoms with Crippen molar-refractivity contribution in [2.75, 3.05) is 0 Å². The Morgan fingerprint density at radius 3 is 2.67 bits per heavy atom. The van der Waals surface area contributed by atoms with Crippen LogP contribution in [0, 0.1) is 11.8 Å². The van der Waals surface area contributed by atoms with E-state index in [1.54, 1.807) is 0 Å². The van der Waals surface area contributed by atoms with Crippen molar-refractivity contribution in [3.63, 3.8) is 0 Å². The highest BCUT2D eigenvalue weighted by Gasteiger charge is 2.64. The largest absolute Gasteiger partial charge is 0.366 e. The van der Waals surface area contributed by atoms with Crippen LogP contribution in [-0.2, 0) is 15.3 Å². The van der Waals surface area contributed by atoms with Crippen LogP contribution in [-0.4, -0.2) is 23.4 Å². The summed E-state index contributed by atoms with van der Waals surface area (Å²) in [6.07, 6.45) is 7.67. The molecule has 3 aliphatic rings. The Hall–Kier alpha value is -1.16. The SMILES string of the molecule is CCCC[C@@H]1O[C@@](O)(c2ccccc2)[C@@H]2[C@@H]1[C@H]1C=C[C@@H]2O1. The highest BCUT2D eigenvalue weighted by Crippen LogP contribution is 2.57. The predicted octanol–water partition coefficient (Wildman–Crippen LogP) is 2.99. The highest BCUT2D eigenvalue weighted by molar-refractivity contribution is 5.29. The van der Waals surface area contributed by atoms with E-state index >= 15 is 0 Å². The standard InChI is InChI=1S/C18H22O3/c1-2-3-9-14-16-13-10-11-15(20-13)17(16)18(19,21-14)12-7-5-4-6-8-12/h4-8,10-11,13-17,19H,2-3,9H2,1H3/t13-,14+,15+,16-,17+,18+/m1/s1. The minimum atomic E-state index is -1.21. The third-order valence-electron chi connectivity index (χ3n) is 5.19. The molecule has 2 saturated heterocycles. The Morgan fingerprint density at radius 2 is 1.90 bits per heavy atom. The van der Waals surface area contributed by atoms with Gasteiger partial charge in [0.15, 0.2) is 5.79 Å². The molecule has 4 rings (SSSR count). The summed E-state index contributed by atoms with van der Waals surface area (Å²) in [4.78, 5) is 0. The molecule has 2 fully saturated rings. The molecule has 112 valence electrons. The summed E-state index contributed by atoms with van der Waals surface area (Å²) in [5.41, 5.74) is 0.851. The molecule has 3 heterocycles. The fourth-order valence-corrected chi connectivity index (χ4v) is 4.25. The van der Waals surface area contributed by atoms with Crippen molar-refractivity contribution in [3.8, 4) is 0 Å². The van der Waals surface area contributed by atoms with Gasteiger partial charge < -0.3 is 14.6 Å². The summed E-state index contributed by atoms with van der Waals surface area (Å²) in [6.45, 7) is 2.19. The van der Waals surface area contributed by atoms with Crippen LogP contribution in [0.5, 0.6) is 0 Å². The van der Waals surface area contributed by atoms with Crippen molar-refractivity contribution in [2.24, 2.45) is 11.8 Å². The van der Waals surface area contributed by atoms with Crippen molar-refractivity contribution >= 4 is 0 Å². The highest BCUT2D eigenvalue weighted by atomic mass is 16.6. The van der Waals surface area contributed by atoms with Gasteiger partial charge in [0.1, 0.15) is 0 Å². The first-order valence-corrected chi connectivity index (χ1v) is 8.03. The molecule has 3 aliphatic heterocycles. The van der Waals surface area contributed by atoms with Gasteiger partial charge in [-0.3, -0.25) is 0 Å². The summed E-state index contributed by atoms with van der Waals surface area (Å²) in [5.74, 6) is -0.928. The molecule has 1 aromatic carbocycles. The second kappa shape index (κ2) is 4.94. The zero-order valence-corrected chi connectivity index (χ0v) is 12.3. The average Bonchev–Trinajstić information content (AvgIpc) is 3.19. The van der Waals surface area contributed by atoms with Crippen LogP contribution < -0.4 is 0 Å². The summed E-state index contributed by atoms with van der Waals surface area (Å²) in [5, 5.41) is 11.3. The average molecular weight is 286 g/mol.